The largest absolute Gasteiger partial charge is 0.466 e. The number of nitrogens with zero attached hydrogens (tertiary/aromatic N) is 1. The molecule has 2 aliphatic rings. The van der Waals surface area contributed by atoms with Gasteiger partial charge in [0.15, 0.2) is 0 Å². The molecule has 2 aliphatic heterocycles. The third-order valence-electron chi connectivity index (χ3n) is 2.84. The third kappa shape index (κ3) is 1.79. The molecular weight excluding hydrogens is 218 g/mol. The average molecular weight is 231 g/mol. The highest BCUT2D eigenvalue weighted by Crippen LogP contribution is 2.34. The Labute approximate surface area is 88.8 Å². The van der Waals surface area contributed by atoms with E-state index in [2.05, 4.69) is 4.74 Å². The number of carbonyl (C=O) groups excluding carboxylic acids is 1. The number of sulfonamides is 1. The van der Waals surface area contributed by atoms with Crippen LogP contribution in [0.1, 0.15) is 12.8 Å². The van der Waals surface area contributed by atoms with Crippen molar-refractivity contribution in [1.82, 2.24) is 4.31 Å². The molecule has 0 N–H and O–H groups in total. The molecule has 0 bridgehead atoms. The van der Waals surface area contributed by atoms with E-state index in [0.29, 0.717) is 12.1 Å². The Morgan fingerprint density at radius 1 is 1.60 bits per heavy atom. The van der Waals surface area contributed by atoms with Gasteiger partial charge in [0.2, 0.25) is 10.0 Å². The predicted molar refractivity (Wildman–Crippen MR) is 53.6 cm³/mol. The summed E-state index contributed by atoms with van der Waals surface area (Å²) in [5, 5.41) is 0. The summed E-state index contributed by atoms with van der Waals surface area (Å²) in [5.41, 5.74) is 0.666. The summed E-state index contributed by atoms with van der Waals surface area (Å²) < 4.78 is 29.3. The Bertz CT molecular complexity index is 412. The maximum absolute atomic E-state index is 11.7. The maximum Gasteiger partial charge on any atom is 0.330 e. The van der Waals surface area contributed by atoms with E-state index >= 15 is 0 Å². The van der Waals surface area contributed by atoms with E-state index in [4.69, 9.17) is 0 Å². The number of esters is 1. The molecule has 2 rings (SSSR count). The first kappa shape index (κ1) is 10.6. The van der Waals surface area contributed by atoms with Crippen molar-refractivity contribution in [3.8, 4) is 0 Å². The standard InChI is InChI=1S/C9H13NO4S/c1-14-9(11)5-7-6-15(12,13)10-4-2-3-8(7)10/h5,8H,2-4,6H2,1H3. The van der Waals surface area contributed by atoms with Gasteiger partial charge in [0.25, 0.3) is 0 Å². The van der Waals surface area contributed by atoms with E-state index in [9.17, 15) is 13.2 Å². The molecule has 5 nitrogen and oxygen atoms in total. The van der Waals surface area contributed by atoms with Gasteiger partial charge >= 0.3 is 5.97 Å². The van der Waals surface area contributed by atoms with Gasteiger partial charge in [0.1, 0.15) is 0 Å². The van der Waals surface area contributed by atoms with Gasteiger partial charge in [0.05, 0.1) is 12.9 Å². The predicted octanol–water partition coefficient (Wildman–Crippen LogP) is -0.106. The average Bonchev–Trinajstić information content (AvgIpc) is 2.71. The summed E-state index contributed by atoms with van der Waals surface area (Å²) in [4.78, 5) is 11.1. The summed E-state index contributed by atoms with van der Waals surface area (Å²) >= 11 is 0. The van der Waals surface area contributed by atoms with Crippen molar-refractivity contribution in [3.05, 3.63) is 11.6 Å². The highest BCUT2D eigenvalue weighted by Gasteiger charge is 2.43. The van der Waals surface area contributed by atoms with E-state index in [1.807, 2.05) is 0 Å². The Balaban J connectivity index is 2.30. The van der Waals surface area contributed by atoms with Crippen LogP contribution in [0.2, 0.25) is 0 Å². The van der Waals surface area contributed by atoms with Crippen LogP contribution in [0.15, 0.2) is 11.6 Å². The Hall–Kier alpha value is -0.880. The molecule has 0 spiro atoms. The van der Waals surface area contributed by atoms with Crippen molar-refractivity contribution in [1.29, 1.82) is 0 Å². The molecule has 15 heavy (non-hydrogen) atoms. The second-order valence-corrected chi connectivity index (χ2v) is 5.69. The third-order valence-corrected chi connectivity index (χ3v) is 4.69. The van der Waals surface area contributed by atoms with Crippen molar-refractivity contribution in [2.24, 2.45) is 0 Å². The van der Waals surface area contributed by atoms with Gasteiger partial charge in [-0.2, -0.15) is 4.31 Å². The van der Waals surface area contributed by atoms with Crippen molar-refractivity contribution in [3.63, 3.8) is 0 Å². The quantitative estimate of drug-likeness (QED) is 0.467. The zero-order valence-electron chi connectivity index (χ0n) is 8.47. The van der Waals surface area contributed by atoms with E-state index in [1.165, 1.54) is 17.5 Å². The molecule has 0 saturated carbocycles. The molecule has 2 fully saturated rings. The number of rotatable bonds is 1. The van der Waals surface area contributed by atoms with Crippen LogP contribution >= 0.6 is 0 Å². The minimum atomic E-state index is -3.17. The van der Waals surface area contributed by atoms with Crippen molar-refractivity contribution in [2.75, 3.05) is 19.4 Å². The Morgan fingerprint density at radius 2 is 2.33 bits per heavy atom. The highest BCUT2D eigenvalue weighted by molar-refractivity contribution is 7.89. The molecule has 0 aliphatic carbocycles. The van der Waals surface area contributed by atoms with Crippen LogP contribution in [0.3, 0.4) is 0 Å². The van der Waals surface area contributed by atoms with E-state index in [-0.39, 0.29) is 11.8 Å². The Kier molecular flexibility index (Phi) is 2.56. The number of ether oxygens (including phenoxy) is 1. The second-order valence-electron chi connectivity index (χ2n) is 3.77. The normalized spacial score (nSPS) is 31.8. The van der Waals surface area contributed by atoms with Gasteiger partial charge in [-0.05, 0) is 18.4 Å². The summed E-state index contributed by atoms with van der Waals surface area (Å²) in [6, 6.07) is -0.103. The van der Waals surface area contributed by atoms with E-state index in [1.54, 1.807) is 0 Å². The van der Waals surface area contributed by atoms with Crippen LogP contribution in [0, 0.1) is 0 Å². The fourth-order valence-corrected chi connectivity index (χ4v) is 4.08. The lowest BCUT2D eigenvalue weighted by Crippen LogP contribution is -2.27. The van der Waals surface area contributed by atoms with Crippen LogP contribution in [0.25, 0.3) is 0 Å². The first-order chi connectivity index (χ1) is 7.04. The van der Waals surface area contributed by atoms with Crippen LogP contribution < -0.4 is 0 Å². The van der Waals surface area contributed by atoms with E-state index < -0.39 is 16.0 Å². The highest BCUT2D eigenvalue weighted by atomic mass is 32.2. The number of hydrogen-bond acceptors (Lipinski definition) is 4. The number of hydrogen-bond donors (Lipinski definition) is 0. The molecule has 1 atom stereocenters. The fraction of sp³-hybridized carbons (Fsp3) is 0.667. The molecule has 0 aromatic heterocycles. The molecule has 0 aromatic rings. The number of carbonyl (C=O) groups is 1. The van der Waals surface area contributed by atoms with Crippen LogP contribution in [0.4, 0.5) is 0 Å². The number of methoxy groups -OCH3 is 1. The lowest BCUT2D eigenvalue weighted by atomic mass is 10.1. The fourth-order valence-electron chi connectivity index (χ4n) is 2.18. The van der Waals surface area contributed by atoms with Crippen LogP contribution in [-0.4, -0.2) is 44.1 Å². The topological polar surface area (TPSA) is 63.7 Å². The lowest BCUT2D eigenvalue weighted by molar-refractivity contribution is -0.134. The van der Waals surface area contributed by atoms with Crippen LogP contribution in [0.5, 0.6) is 0 Å². The molecule has 0 amide bonds. The van der Waals surface area contributed by atoms with Gasteiger partial charge in [-0.15, -0.1) is 0 Å². The molecule has 2 heterocycles. The second kappa shape index (κ2) is 3.61. The van der Waals surface area contributed by atoms with Gasteiger partial charge < -0.3 is 4.74 Å². The van der Waals surface area contributed by atoms with Crippen molar-refractivity contribution < 1.29 is 17.9 Å². The first-order valence-corrected chi connectivity index (χ1v) is 6.43. The molecule has 6 heteroatoms. The monoisotopic (exact) mass is 231 g/mol. The molecule has 1 unspecified atom stereocenters. The minimum Gasteiger partial charge on any atom is -0.466 e. The summed E-state index contributed by atoms with van der Waals surface area (Å²) in [5.74, 6) is -0.513. The first-order valence-electron chi connectivity index (χ1n) is 4.82. The van der Waals surface area contributed by atoms with Gasteiger partial charge in [-0.3, -0.25) is 0 Å². The number of fused-ring (bicyclic) bond motifs is 1. The minimum absolute atomic E-state index is 0.0350. The maximum atomic E-state index is 11.7. The smallest absolute Gasteiger partial charge is 0.330 e. The molecular formula is C9H13NO4S. The van der Waals surface area contributed by atoms with Gasteiger partial charge in [-0.25, -0.2) is 13.2 Å². The summed E-state index contributed by atoms with van der Waals surface area (Å²) in [6.45, 7) is 0.575. The van der Waals surface area contributed by atoms with E-state index in [0.717, 1.165) is 12.8 Å². The van der Waals surface area contributed by atoms with Crippen molar-refractivity contribution in [2.45, 2.75) is 18.9 Å². The molecule has 84 valence electrons. The summed E-state index contributed by atoms with van der Waals surface area (Å²) in [7, 11) is -1.88. The Morgan fingerprint density at radius 3 is 3.00 bits per heavy atom. The zero-order valence-corrected chi connectivity index (χ0v) is 9.29. The summed E-state index contributed by atoms with van der Waals surface area (Å²) in [6.07, 6.45) is 2.98. The molecule has 0 aromatic carbocycles. The van der Waals surface area contributed by atoms with Gasteiger partial charge in [-0.1, -0.05) is 0 Å². The van der Waals surface area contributed by atoms with Crippen LogP contribution in [-0.2, 0) is 19.6 Å². The van der Waals surface area contributed by atoms with Crippen molar-refractivity contribution >= 4 is 16.0 Å². The zero-order chi connectivity index (χ0) is 11.1. The van der Waals surface area contributed by atoms with Gasteiger partial charge in [0, 0.05) is 18.7 Å². The SMILES string of the molecule is COC(=O)C=C1CS(=O)(=O)N2CCCC12. The molecule has 2 saturated heterocycles. The lowest BCUT2D eigenvalue weighted by Gasteiger charge is -2.12. The molecule has 0 radical (unpaired) electrons.